The van der Waals surface area contributed by atoms with Gasteiger partial charge in [0.15, 0.2) is 0 Å². The summed E-state index contributed by atoms with van der Waals surface area (Å²) in [6, 6.07) is 4.59. The van der Waals surface area contributed by atoms with Crippen LogP contribution in [0.25, 0.3) is 0 Å². The molecule has 1 atom stereocenters. The van der Waals surface area contributed by atoms with Crippen LogP contribution < -0.4 is 5.32 Å². The number of carbonyl (C=O) groups excluding carboxylic acids is 1. The molecule has 0 aliphatic carbocycles. The van der Waals surface area contributed by atoms with E-state index in [2.05, 4.69) is 27.5 Å². The first kappa shape index (κ1) is 19.7. The number of nitrogens with zero attached hydrogens (tertiary/aromatic N) is 4. The first-order valence-electron chi connectivity index (χ1n) is 8.95. The molecular formula is C19H20F3N5O. The first-order valence-corrected chi connectivity index (χ1v) is 8.95. The molecule has 1 aliphatic heterocycles. The third-order valence-corrected chi connectivity index (χ3v) is 4.47. The average molecular weight is 391 g/mol. The number of likely N-dealkylation sites (tertiary alicyclic amines) is 1. The molecule has 0 radical (unpaired) electrons. The average Bonchev–Trinajstić information content (AvgIpc) is 3.18. The van der Waals surface area contributed by atoms with Crippen LogP contribution in [0.15, 0.2) is 36.7 Å². The molecule has 0 bridgehead atoms. The molecule has 1 aliphatic rings. The minimum absolute atomic E-state index is 0.0688. The van der Waals surface area contributed by atoms with Crippen LogP contribution in [0.1, 0.15) is 24.0 Å². The minimum atomic E-state index is -4.40. The van der Waals surface area contributed by atoms with Gasteiger partial charge in [0.25, 0.3) is 0 Å². The topological polar surface area (TPSA) is 63.1 Å². The van der Waals surface area contributed by atoms with Crippen molar-refractivity contribution in [2.75, 3.05) is 19.6 Å². The smallest absolute Gasteiger partial charge is 0.327 e. The molecular weight excluding hydrogens is 371 g/mol. The van der Waals surface area contributed by atoms with Gasteiger partial charge in [0.05, 0.1) is 18.3 Å². The lowest BCUT2D eigenvalue weighted by Gasteiger charge is -2.32. The number of hydrogen-bond acceptors (Lipinski definition) is 3. The largest absolute Gasteiger partial charge is 0.416 e. The maximum Gasteiger partial charge on any atom is 0.416 e. The predicted octanol–water partition coefficient (Wildman–Crippen LogP) is 2.77. The summed E-state index contributed by atoms with van der Waals surface area (Å²) in [5, 5.41) is 10.4. The molecule has 28 heavy (non-hydrogen) atoms. The van der Waals surface area contributed by atoms with Gasteiger partial charge in [-0.3, -0.25) is 4.68 Å². The van der Waals surface area contributed by atoms with Gasteiger partial charge >= 0.3 is 12.2 Å². The number of benzene rings is 1. The van der Waals surface area contributed by atoms with Crippen LogP contribution in [0.5, 0.6) is 0 Å². The van der Waals surface area contributed by atoms with Crippen molar-refractivity contribution in [2.45, 2.75) is 25.6 Å². The van der Waals surface area contributed by atoms with Gasteiger partial charge in [0, 0.05) is 31.4 Å². The van der Waals surface area contributed by atoms with Crippen LogP contribution in [0, 0.1) is 17.8 Å². The molecule has 2 aromatic rings. The second kappa shape index (κ2) is 8.78. The van der Waals surface area contributed by atoms with Gasteiger partial charge in [-0.15, -0.1) is 5.10 Å². The highest BCUT2D eigenvalue weighted by Gasteiger charge is 2.30. The second-order valence-corrected chi connectivity index (χ2v) is 6.62. The lowest BCUT2D eigenvalue weighted by Crippen LogP contribution is -2.46. The Labute approximate surface area is 160 Å². The summed E-state index contributed by atoms with van der Waals surface area (Å²) in [7, 11) is 0. The number of nitrogens with one attached hydrogen (secondary N) is 1. The molecule has 1 N–H and O–H groups in total. The number of halogens is 3. The molecule has 1 unspecified atom stereocenters. The van der Waals surface area contributed by atoms with Crippen LogP contribution in [0.2, 0.25) is 0 Å². The molecule has 1 aromatic heterocycles. The summed E-state index contributed by atoms with van der Waals surface area (Å²) >= 11 is 0. The zero-order valence-electron chi connectivity index (χ0n) is 15.1. The van der Waals surface area contributed by atoms with E-state index in [0.717, 1.165) is 25.0 Å². The molecule has 0 spiro atoms. The number of alkyl halides is 3. The molecule has 1 fully saturated rings. The van der Waals surface area contributed by atoms with Gasteiger partial charge in [-0.1, -0.05) is 23.1 Å². The number of rotatable bonds is 3. The van der Waals surface area contributed by atoms with E-state index in [-0.39, 0.29) is 18.1 Å². The van der Waals surface area contributed by atoms with E-state index in [1.807, 2.05) is 0 Å². The van der Waals surface area contributed by atoms with Crippen molar-refractivity contribution < 1.29 is 18.0 Å². The Morgan fingerprint density at radius 2 is 2.21 bits per heavy atom. The molecule has 1 aromatic carbocycles. The van der Waals surface area contributed by atoms with Crippen LogP contribution in [0.3, 0.4) is 0 Å². The summed E-state index contributed by atoms with van der Waals surface area (Å²) in [5.74, 6) is 5.65. The quantitative estimate of drug-likeness (QED) is 0.819. The highest BCUT2D eigenvalue weighted by Crippen LogP contribution is 2.29. The molecule has 1 saturated heterocycles. The standard InChI is InChI=1S/C19H20F3N5O/c20-19(21,22)17-7-1-4-15(12-17)5-2-8-23-18(28)26-10-3-6-16(13-26)14-27-11-9-24-25-27/h1,4,7,9,11-12,16H,3,6,8,10,13-14H2,(H,23,28). The van der Waals surface area contributed by atoms with Crippen LogP contribution in [0.4, 0.5) is 18.0 Å². The lowest BCUT2D eigenvalue weighted by atomic mass is 9.98. The molecule has 2 heterocycles. The van der Waals surface area contributed by atoms with Crippen molar-refractivity contribution in [3.8, 4) is 11.8 Å². The van der Waals surface area contributed by atoms with E-state index in [1.54, 1.807) is 22.0 Å². The molecule has 3 rings (SSSR count). The van der Waals surface area contributed by atoms with Gasteiger partial charge in [-0.2, -0.15) is 13.2 Å². The zero-order chi connectivity index (χ0) is 20.0. The second-order valence-electron chi connectivity index (χ2n) is 6.62. The fraction of sp³-hybridized carbons (Fsp3) is 0.421. The van der Waals surface area contributed by atoms with Gasteiger partial charge in [-0.25, -0.2) is 4.79 Å². The van der Waals surface area contributed by atoms with Crippen LogP contribution in [-0.2, 0) is 12.7 Å². The first-order chi connectivity index (χ1) is 13.4. The minimum Gasteiger partial charge on any atom is -0.327 e. The van der Waals surface area contributed by atoms with E-state index in [9.17, 15) is 18.0 Å². The maximum absolute atomic E-state index is 12.7. The van der Waals surface area contributed by atoms with Crippen molar-refractivity contribution in [3.05, 3.63) is 47.8 Å². The third kappa shape index (κ3) is 5.49. The zero-order valence-corrected chi connectivity index (χ0v) is 15.1. The van der Waals surface area contributed by atoms with Gasteiger partial charge in [-0.05, 0) is 37.0 Å². The van der Waals surface area contributed by atoms with Gasteiger partial charge in [0.1, 0.15) is 0 Å². The summed E-state index contributed by atoms with van der Waals surface area (Å²) in [6.07, 6.45) is 0.934. The van der Waals surface area contributed by atoms with Crippen molar-refractivity contribution in [3.63, 3.8) is 0 Å². The van der Waals surface area contributed by atoms with E-state index in [4.69, 9.17) is 0 Å². The van der Waals surface area contributed by atoms with Crippen molar-refractivity contribution in [2.24, 2.45) is 5.92 Å². The highest BCUT2D eigenvalue weighted by molar-refractivity contribution is 5.74. The number of amides is 2. The Kier molecular flexibility index (Phi) is 6.19. The molecule has 148 valence electrons. The van der Waals surface area contributed by atoms with Crippen molar-refractivity contribution in [1.82, 2.24) is 25.2 Å². The van der Waals surface area contributed by atoms with Gasteiger partial charge in [0.2, 0.25) is 0 Å². The summed E-state index contributed by atoms with van der Waals surface area (Å²) in [4.78, 5) is 14.0. The van der Waals surface area contributed by atoms with E-state index >= 15 is 0 Å². The number of carbonyl (C=O) groups is 1. The highest BCUT2D eigenvalue weighted by atomic mass is 19.4. The Balaban J connectivity index is 1.49. The van der Waals surface area contributed by atoms with Gasteiger partial charge < -0.3 is 10.2 Å². The van der Waals surface area contributed by atoms with Crippen molar-refractivity contribution in [1.29, 1.82) is 0 Å². The van der Waals surface area contributed by atoms with Crippen molar-refractivity contribution >= 4 is 6.03 Å². The lowest BCUT2D eigenvalue weighted by molar-refractivity contribution is -0.137. The third-order valence-electron chi connectivity index (χ3n) is 4.47. The monoisotopic (exact) mass is 391 g/mol. The fourth-order valence-electron chi connectivity index (χ4n) is 3.14. The molecule has 6 nitrogen and oxygen atoms in total. The number of piperidine rings is 1. The SMILES string of the molecule is O=C(NCC#Cc1cccc(C(F)(F)F)c1)N1CCCC(Cn2ccnn2)C1. The normalized spacial score (nSPS) is 17.0. The number of urea groups is 1. The predicted molar refractivity (Wildman–Crippen MR) is 96.0 cm³/mol. The Hall–Kier alpha value is -3.02. The molecule has 2 amide bonds. The summed E-state index contributed by atoms with van der Waals surface area (Å²) in [6.45, 7) is 2.06. The summed E-state index contributed by atoms with van der Waals surface area (Å²) < 4.78 is 39.9. The number of aromatic nitrogens is 3. The molecule has 9 heteroatoms. The Morgan fingerprint density at radius 1 is 1.36 bits per heavy atom. The Bertz CT molecular complexity index is 854. The van der Waals surface area contributed by atoms with E-state index in [1.165, 1.54) is 12.1 Å². The maximum atomic E-state index is 12.7. The van der Waals surface area contributed by atoms with E-state index in [0.29, 0.717) is 25.6 Å². The molecule has 0 saturated carbocycles. The summed E-state index contributed by atoms with van der Waals surface area (Å²) in [5.41, 5.74) is -0.481. The van der Waals surface area contributed by atoms with Crippen LogP contribution >= 0.6 is 0 Å². The van der Waals surface area contributed by atoms with E-state index < -0.39 is 11.7 Å². The fourth-order valence-corrected chi connectivity index (χ4v) is 3.14. The number of hydrogen-bond donors (Lipinski definition) is 1. The Morgan fingerprint density at radius 3 is 2.96 bits per heavy atom. The van der Waals surface area contributed by atoms with Crippen LogP contribution in [-0.4, -0.2) is 45.6 Å².